The number of allylic oxidation sites excluding steroid dienone is 10. The van der Waals surface area contributed by atoms with Gasteiger partial charge in [-0.2, -0.15) is 11.3 Å². The van der Waals surface area contributed by atoms with Gasteiger partial charge >= 0.3 is 0 Å². The number of hydrogen-bond acceptors (Lipinski definition) is 1. The Labute approximate surface area is 210 Å². The fourth-order valence-corrected chi connectivity index (χ4v) is 4.71. The van der Waals surface area contributed by atoms with Crippen LogP contribution in [-0.2, 0) is 6.42 Å². The van der Waals surface area contributed by atoms with Gasteiger partial charge in [0.15, 0.2) is 0 Å². The van der Waals surface area contributed by atoms with Crippen molar-refractivity contribution in [2.45, 2.75) is 119 Å². The van der Waals surface area contributed by atoms with Gasteiger partial charge in [-0.1, -0.05) is 71.6 Å². The Morgan fingerprint density at radius 3 is 1.36 bits per heavy atom. The standard InChI is InChI=1S/C32H50S/c1-7-13-27(2)14-8-15-28(3)16-9-17-29(4)18-10-19-30(5)20-11-21-31(6)22-12-23-32-24-25-33-26-32/h14,16,18,20,22,24-26H,7-13,15,17,19,21,23H2,1-6H3. The van der Waals surface area contributed by atoms with E-state index in [2.05, 4.69) is 88.7 Å². The fraction of sp³-hybridized carbons (Fsp3) is 0.562. The number of thiophene rings is 1. The van der Waals surface area contributed by atoms with E-state index in [1.54, 1.807) is 16.9 Å². The molecule has 0 aliphatic carbocycles. The van der Waals surface area contributed by atoms with Gasteiger partial charge in [0.25, 0.3) is 0 Å². The van der Waals surface area contributed by atoms with Crippen LogP contribution in [-0.4, -0.2) is 0 Å². The van der Waals surface area contributed by atoms with Gasteiger partial charge in [0.2, 0.25) is 0 Å². The molecule has 0 radical (unpaired) electrons. The molecule has 0 unspecified atom stereocenters. The smallest absolute Gasteiger partial charge is 0.00611 e. The maximum atomic E-state index is 2.45. The van der Waals surface area contributed by atoms with Crippen LogP contribution in [0.5, 0.6) is 0 Å². The maximum Gasteiger partial charge on any atom is -0.00611 e. The van der Waals surface area contributed by atoms with Crippen LogP contribution in [0.15, 0.2) is 75.1 Å². The van der Waals surface area contributed by atoms with Gasteiger partial charge in [0, 0.05) is 0 Å². The van der Waals surface area contributed by atoms with Crippen LogP contribution >= 0.6 is 11.3 Å². The van der Waals surface area contributed by atoms with E-state index in [1.807, 2.05) is 0 Å². The van der Waals surface area contributed by atoms with Crippen LogP contribution in [0.4, 0.5) is 0 Å². The van der Waals surface area contributed by atoms with Crippen LogP contribution in [0.1, 0.15) is 118 Å². The molecule has 0 amide bonds. The second kappa shape index (κ2) is 18.8. The summed E-state index contributed by atoms with van der Waals surface area (Å²) in [5, 5.41) is 4.43. The second-order valence-electron chi connectivity index (χ2n) is 9.83. The van der Waals surface area contributed by atoms with Gasteiger partial charge in [0.1, 0.15) is 0 Å². The van der Waals surface area contributed by atoms with E-state index in [0.717, 1.165) is 0 Å². The highest BCUT2D eigenvalue weighted by molar-refractivity contribution is 7.07. The van der Waals surface area contributed by atoms with Crippen molar-refractivity contribution in [1.82, 2.24) is 0 Å². The van der Waals surface area contributed by atoms with Crippen LogP contribution < -0.4 is 0 Å². The Kier molecular flexibility index (Phi) is 16.8. The lowest BCUT2D eigenvalue weighted by atomic mass is 10.0. The molecule has 0 atom stereocenters. The van der Waals surface area contributed by atoms with Gasteiger partial charge in [0.05, 0.1) is 0 Å². The van der Waals surface area contributed by atoms with Crippen LogP contribution in [0, 0.1) is 0 Å². The van der Waals surface area contributed by atoms with Crippen LogP contribution in [0.3, 0.4) is 0 Å². The van der Waals surface area contributed by atoms with E-state index in [9.17, 15) is 0 Å². The van der Waals surface area contributed by atoms with Crippen molar-refractivity contribution in [2.75, 3.05) is 0 Å². The molecule has 1 aromatic rings. The molecule has 184 valence electrons. The quantitative estimate of drug-likeness (QED) is 0.200. The monoisotopic (exact) mass is 466 g/mol. The highest BCUT2D eigenvalue weighted by Gasteiger charge is 1.96. The molecule has 1 heteroatoms. The topological polar surface area (TPSA) is 0 Å². The molecule has 0 aliphatic rings. The lowest BCUT2D eigenvalue weighted by Crippen LogP contribution is -1.84. The molecule has 0 saturated heterocycles. The minimum atomic E-state index is 1.17. The molecule has 0 fully saturated rings. The zero-order valence-electron chi connectivity index (χ0n) is 22.5. The van der Waals surface area contributed by atoms with Gasteiger partial charge in [-0.25, -0.2) is 0 Å². The highest BCUT2D eigenvalue weighted by atomic mass is 32.1. The molecule has 0 aliphatic heterocycles. The third-order valence-corrected chi connectivity index (χ3v) is 7.01. The molecule has 1 rings (SSSR count). The van der Waals surface area contributed by atoms with Gasteiger partial charge < -0.3 is 0 Å². The lowest BCUT2D eigenvalue weighted by molar-refractivity contribution is 0.872. The first-order chi connectivity index (χ1) is 15.9. The summed E-state index contributed by atoms with van der Waals surface area (Å²) in [5.74, 6) is 0. The predicted octanol–water partition coefficient (Wildman–Crippen LogP) is 11.3. The molecular weight excluding hydrogens is 416 g/mol. The molecule has 1 aromatic heterocycles. The normalized spacial score (nSPS) is 14.3. The largest absolute Gasteiger partial charge is 0.152 e. The summed E-state index contributed by atoms with van der Waals surface area (Å²) in [6.45, 7) is 13.7. The average molecular weight is 467 g/mol. The van der Waals surface area contributed by atoms with Crippen molar-refractivity contribution in [1.29, 1.82) is 0 Å². The number of hydrogen-bond donors (Lipinski definition) is 0. The minimum Gasteiger partial charge on any atom is -0.152 e. The Hall–Kier alpha value is -1.60. The van der Waals surface area contributed by atoms with E-state index in [0.29, 0.717) is 0 Å². The Morgan fingerprint density at radius 2 is 1.00 bits per heavy atom. The summed E-state index contributed by atoms with van der Waals surface area (Å²) < 4.78 is 0. The van der Waals surface area contributed by atoms with E-state index in [1.165, 1.54) is 105 Å². The van der Waals surface area contributed by atoms with Crippen molar-refractivity contribution < 1.29 is 0 Å². The van der Waals surface area contributed by atoms with E-state index in [-0.39, 0.29) is 0 Å². The van der Waals surface area contributed by atoms with Crippen molar-refractivity contribution >= 4 is 11.3 Å². The van der Waals surface area contributed by atoms with E-state index >= 15 is 0 Å². The molecule has 0 bridgehead atoms. The minimum absolute atomic E-state index is 1.17. The molecular formula is C32H50S. The third kappa shape index (κ3) is 16.6. The lowest BCUT2D eigenvalue weighted by Gasteiger charge is -2.04. The van der Waals surface area contributed by atoms with Crippen LogP contribution in [0.25, 0.3) is 0 Å². The van der Waals surface area contributed by atoms with E-state index in [4.69, 9.17) is 0 Å². The maximum absolute atomic E-state index is 2.45. The number of aryl methyl sites for hydroxylation is 1. The Balaban J connectivity index is 2.19. The number of rotatable bonds is 17. The summed E-state index contributed by atoms with van der Waals surface area (Å²) in [4.78, 5) is 0. The van der Waals surface area contributed by atoms with Gasteiger partial charge in [-0.15, -0.1) is 0 Å². The zero-order valence-corrected chi connectivity index (χ0v) is 23.3. The predicted molar refractivity (Wildman–Crippen MR) is 153 cm³/mol. The SMILES string of the molecule is CCCC(C)=CCCC(C)=CCCC(C)=CCCC(C)=CCCC(C)=CCCc1ccsc1. The Morgan fingerprint density at radius 1 is 0.606 bits per heavy atom. The average Bonchev–Trinajstić information content (AvgIpc) is 3.27. The Bertz CT molecular complexity index is 780. The summed E-state index contributed by atoms with van der Waals surface area (Å²) >= 11 is 1.80. The summed E-state index contributed by atoms with van der Waals surface area (Å²) in [5.41, 5.74) is 9.16. The van der Waals surface area contributed by atoms with Crippen molar-refractivity contribution in [2.24, 2.45) is 0 Å². The third-order valence-electron chi connectivity index (χ3n) is 6.28. The second-order valence-corrected chi connectivity index (χ2v) is 10.6. The molecule has 0 saturated carbocycles. The molecule has 0 spiro atoms. The molecule has 33 heavy (non-hydrogen) atoms. The van der Waals surface area contributed by atoms with E-state index < -0.39 is 0 Å². The molecule has 0 aromatic carbocycles. The summed E-state index contributed by atoms with van der Waals surface area (Å²) in [6.07, 6.45) is 26.5. The van der Waals surface area contributed by atoms with Gasteiger partial charge in [-0.3, -0.25) is 0 Å². The molecule has 1 heterocycles. The molecule has 0 N–H and O–H groups in total. The first-order valence-electron chi connectivity index (χ1n) is 13.2. The van der Waals surface area contributed by atoms with Crippen molar-refractivity contribution in [3.05, 3.63) is 80.6 Å². The first kappa shape index (κ1) is 29.4. The molecule has 0 nitrogen and oxygen atoms in total. The summed E-state index contributed by atoms with van der Waals surface area (Å²) in [7, 11) is 0. The van der Waals surface area contributed by atoms with Crippen LogP contribution in [0.2, 0.25) is 0 Å². The van der Waals surface area contributed by atoms with Crippen molar-refractivity contribution in [3.8, 4) is 0 Å². The first-order valence-corrected chi connectivity index (χ1v) is 14.1. The van der Waals surface area contributed by atoms with Crippen molar-refractivity contribution in [3.63, 3.8) is 0 Å². The fourth-order valence-electron chi connectivity index (χ4n) is 4.01. The summed E-state index contributed by atoms with van der Waals surface area (Å²) in [6, 6.07) is 2.24. The highest BCUT2D eigenvalue weighted by Crippen LogP contribution is 2.16. The van der Waals surface area contributed by atoms with Gasteiger partial charge in [-0.05, 0) is 128 Å². The zero-order chi connectivity index (χ0) is 24.3.